The van der Waals surface area contributed by atoms with Crippen molar-refractivity contribution < 1.29 is 4.74 Å². The van der Waals surface area contributed by atoms with Gasteiger partial charge in [0.05, 0.1) is 6.61 Å². The lowest BCUT2D eigenvalue weighted by atomic mass is 9.98. The van der Waals surface area contributed by atoms with Crippen molar-refractivity contribution in [2.45, 2.75) is 52.5 Å². The second kappa shape index (κ2) is 6.95. The van der Waals surface area contributed by atoms with Gasteiger partial charge in [-0.05, 0) is 37.8 Å². The van der Waals surface area contributed by atoms with Crippen molar-refractivity contribution in [2.75, 3.05) is 13.2 Å². The molecular weight excluding hydrogens is 234 g/mol. The van der Waals surface area contributed by atoms with E-state index in [9.17, 15) is 0 Å². The van der Waals surface area contributed by atoms with E-state index in [2.05, 4.69) is 44.3 Å². The summed E-state index contributed by atoms with van der Waals surface area (Å²) in [5.74, 6) is 1.90. The first-order valence-corrected chi connectivity index (χ1v) is 7.71. The standard InChI is InChI=1S/C17H27NO/c1-4-14(5-2)12-18-16-10-7-11-19-17-13(3)8-6-9-15(16)17/h6,8-9,14,16,18H,4-5,7,10-12H2,1-3H3. The van der Waals surface area contributed by atoms with Gasteiger partial charge in [0.15, 0.2) is 0 Å². The minimum absolute atomic E-state index is 0.456. The van der Waals surface area contributed by atoms with E-state index in [4.69, 9.17) is 4.74 Å². The smallest absolute Gasteiger partial charge is 0.126 e. The van der Waals surface area contributed by atoms with Gasteiger partial charge < -0.3 is 10.1 Å². The summed E-state index contributed by atoms with van der Waals surface area (Å²) in [6.45, 7) is 8.67. The Balaban J connectivity index is 2.11. The lowest BCUT2D eigenvalue weighted by Gasteiger charge is -2.22. The number of fused-ring (bicyclic) bond motifs is 1. The highest BCUT2D eigenvalue weighted by Gasteiger charge is 2.21. The molecule has 106 valence electrons. The molecule has 0 bridgehead atoms. The second-order valence-corrected chi connectivity index (χ2v) is 5.63. The average Bonchev–Trinajstić information content (AvgIpc) is 2.64. The van der Waals surface area contributed by atoms with E-state index in [1.165, 1.54) is 30.4 Å². The van der Waals surface area contributed by atoms with Crippen LogP contribution in [0.2, 0.25) is 0 Å². The van der Waals surface area contributed by atoms with Crippen molar-refractivity contribution >= 4 is 0 Å². The van der Waals surface area contributed by atoms with Crippen molar-refractivity contribution in [3.05, 3.63) is 29.3 Å². The van der Waals surface area contributed by atoms with Gasteiger partial charge in [-0.15, -0.1) is 0 Å². The van der Waals surface area contributed by atoms with Crippen molar-refractivity contribution in [3.63, 3.8) is 0 Å². The van der Waals surface area contributed by atoms with Crippen LogP contribution >= 0.6 is 0 Å². The molecule has 0 saturated carbocycles. The molecule has 0 aromatic heterocycles. The van der Waals surface area contributed by atoms with Crippen LogP contribution in [0.4, 0.5) is 0 Å². The first kappa shape index (κ1) is 14.4. The average molecular weight is 261 g/mol. The van der Waals surface area contributed by atoms with Crippen LogP contribution in [0.1, 0.15) is 56.7 Å². The molecule has 19 heavy (non-hydrogen) atoms. The Kier molecular flexibility index (Phi) is 5.26. The van der Waals surface area contributed by atoms with Crippen LogP contribution in [0.3, 0.4) is 0 Å². The highest BCUT2D eigenvalue weighted by atomic mass is 16.5. The molecule has 2 nitrogen and oxygen atoms in total. The molecule has 0 spiro atoms. The molecule has 0 saturated heterocycles. The molecule has 1 aliphatic rings. The summed E-state index contributed by atoms with van der Waals surface area (Å²) in [7, 11) is 0. The Labute approximate surface area is 117 Å². The van der Waals surface area contributed by atoms with Gasteiger partial charge in [-0.1, -0.05) is 44.9 Å². The van der Waals surface area contributed by atoms with Gasteiger partial charge in [0.25, 0.3) is 0 Å². The zero-order valence-electron chi connectivity index (χ0n) is 12.5. The molecule has 1 unspecified atom stereocenters. The molecule has 2 heteroatoms. The van der Waals surface area contributed by atoms with Gasteiger partial charge in [-0.2, -0.15) is 0 Å². The third kappa shape index (κ3) is 3.50. The number of hydrogen-bond donors (Lipinski definition) is 1. The molecule has 0 radical (unpaired) electrons. The Morgan fingerprint density at radius 2 is 2.11 bits per heavy atom. The van der Waals surface area contributed by atoms with Crippen LogP contribution in [-0.2, 0) is 0 Å². The Bertz CT molecular complexity index is 398. The van der Waals surface area contributed by atoms with Crippen LogP contribution in [0.25, 0.3) is 0 Å². The maximum atomic E-state index is 5.93. The fourth-order valence-electron chi connectivity index (χ4n) is 2.86. The normalized spacial score (nSPS) is 18.8. The third-order valence-electron chi connectivity index (χ3n) is 4.31. The fourth-order valence-corrected chi connectivity index (χ4v) is 2.86. The maximum absolute atomic E-state index is 5.93. The second-order valence-electron chi connectivity index (χ2n) is 5.63. The van der Waals surface area contributed by atoms with E-state index in [-0.39, 0.29) is 0 Å². The van der Waals surface area contributed by atoms with E-state index >= 15 is 0 Å². The molecule has 1 N–H and O–H groups in total. The van der Waals surface area contributed by atoms with Crippen molar-refractivity contribution in [3.8, 4) is 5.75 Å². The van der Waals surface area contributed by atoms with Gasteiger partial charge in [-0.3, -0.25) is 0 Å². The van der Waals surface area contributed by atoms with Crippen LogP contribution in [-0.4, -0.2) is 13.2 Å². The Morgan fingerprint density at radius 1 is 1.32 bits per heavy atom. The topological polar surface area (TPSA) is 21.3 Å². The molecular formula is C17H27NO. The first-order valence-electron chi connectivity index (χ1n) is 7.71. The van der Waals surface area contributed by atoms with Gasteiger partial charge in [0, 0.05) is 11.6 Å². The predicted octanol–water partition coefficient (Wildman–Crippen LogP) is 4.23. The van der Waals surface area contributed by atoms with E-state index in [0.717, 1.165) is 31.2 Å². The zero-order valence-corrected chi connectivity index (χ0v) is 12.5. The molecule has 1 aliphatic heterocycles. The number of nitrogens with one attached hydrogen (secondary N) is 1. The van der Waals surface area contributed by atoms with Crippen molar-refractivity contribution in [1.82, 2.24) is 5.32 Å². The SMILES string of the molecule is CCC(CC)CNC1CCCOc2c(C)cccc21. The van der Waals surface area contributed by atoms with Crippen molar-refractivity contribution in [2.24, 2.45) is 5.92 Å². The largest absolute Gasteiger partial charge is 0.493 e. The summed E-state index contributed by atoms with van der Waals surface area (Å²) in [5, 5.41) is 3.77. The molecule has 0 aliphatic carbocycles. The number of benzene rings is 1. The molecule has 0 amide bonds. The number of aryl methyl sites for hydroxylation is 1. The number of hydrogen-bond acceptors (Lipinski definition) is 2. The molecule has 2 rings (SSSR count). The summed E-state index contributed by atoms with van der Waals surface area (Å²) in [6, 6.07) is 6.97. The number of rotatable bonds is 5. The van der Waals surface area contributed by atoms with Gasteiger partial charge in [-0.25, -0.2) is 0 Å². The summed E-state index contributed by atoms with van der Waals surface area (Å²) in [4.78, 5) is 0. The Morgan fingerprint density at radius 3 is 2.84 bits per heavy atom. The lowest BCUT2D eigenvalue weighted by molar-refractivity contribution is 0.312. The minimum atomic E-state index is 0.456. The molecule has 1 aromatic carbocycles. The highest BCUT2D eigenvalue weighted by molar-refractivity contribution is 5.43. The molecule has 1 aromatic rings. The van der Waals surface area contributed by atoms with Gasteiger partial charge in [0.2, 0.25) is 0 Å². The molecule has 1 atom stereocenters. The zero-order chi connectivity index (χ0) is 13.7. The highest BCUT2D eigenvalue weighted by Crippen LogP contribution is 2.34. The summed E-state index contributed by atoms with van der Waals surface area (Å²) in [6.07, 6.45) is 4.83. The van der Waals surface area contributed by atoms with E-state index < -0.39 is 0 Å². The van der Waals surface area contributed by atoms with Crippen LogP contribution in [0.5, 0.6) is 5.75 Å². The predicted molar refractivity (Wildman–Crippen MR) is 80.7 cm³/mol. The summed E-state index contributed by atoms with van der Waals surface area (Å²) >= 11 is 0. The van der Waals surface area contributed by atoms with E-state index in [1.54, 1.807) is 0 Å². The third-order valence-corrected chi connectivity index (χ3v) is 4.31. The minimum Gasteiger partial charge on any atom is -0.493 e. The first-order chi connectivity index (χ1) is 9.26. The molecule has 0 fully saturated rings. The van der Waals surface area contributed by atoms with E-state index in [1.807, 2.05) is 0 Å². The lowest BCUT2D eigenvalue weighted by Crippen LogP contribution is -2.27. The van der Waals surface area contributed by atoms with Gasteiger partial charge >= 0.3 is 0 Å². The van der Waals surface area contributed by atoms with E-state index in [0.29, 0.717) is 6.04 Å². The number of ether oxygens (including phenoxy) is 1. The van der Waals surface area contributed by atoms with Crippen molar-refractivity contribution in [1.29, 1.82) is 0 Å². The number of para-hydroxylation sites is 1. The monoisotopic (exact) mass is 261 g/mol. The molecule has 1 heterocycles. The van der Waals surface area contributed by atoms with Gasteiger partial charge in [0.1, 0.15) is 5.75 Å². The fraction of sp³-hybridized carbons (Fsp3) is 0.647. The quantitative estimate of drug-likeness (QED) is 0.856. The maximum Gasteiger partial charge on any atom is 0.126 e. The summed E-state index contributed by atoms with van der Waals surface area (Å²) in [5.41, 5.74) is 2.61. The Hall–Kier alpha value is -1.02. The summed E-state index contributed by atoms with van der Waals surface area (Å²) < 4.78 is 5.93. The van der Waals surface area contributed by atoms with Crippen LogP contribution < -0.4 is 10.1 Å². The van der Waals surface area contributed by atoms with Crippen LogP contribution in [0, 0.1) is 12.8 Å². The van der Waals surface area contributed by atoms with Crippen LogP contribution in [0.15, 0.2) is 18.2 Å².